The Morgan fingerprint density at radius 2 is 1.93 bits per heavy atom. The Morgan fingerprint density at radius 1 is 1.13 bits per heavy atom. The SMILES string of the molecule is CC(=O)N1CCc2ncc(CNC(=O)c3cnc(C)nc3-c3ccccc3)cc2C1. The van der Waals surface area contributed by atoms with Gasteiger partial charge >= 0.3 is 0 Å². The number of nitrogens with one attached hydrogen (secondary N) is 1. The Balaban J connectivity index is 1.51. The van der Waals surface area contributed by atoms with Crippen LogP contribution in [0.5, 0.6) is 0 Å². The third-order valence-corrected chi connectivity index (χ3v) is 5.20. The van der Waals surface area contributed by atoms with Crippen molar-refractivity contribution in [3.05, 3.63) is 77.0 Å². The van der Waals surface area contributed by atoms with Gasteiger partial charge in [0.25, 0.3) is 5.91 Å². The molecule has 0 spiro atoms. The van der Waals surface area contributed by atoms with E-state index in [2.05, 4.69) is 20.3 Å². The van der Waals surface area contributed by atoms with Crippen molar-refractivity contribution >= 4 is 11.8 Å². The van der Waals surface area contributed by atoms with Gasteiger partial charge in [0.2, 0.25) is 5.91 Å². The summed E-state index contributed by atoms with van der Waals surface area (Å²) in [5, 5.41) is 2.95. The van der Waals surface area contributed by atoms with Crippen molar-refractivity contribution < 1.29 is 9.59 Å². The van der Waals surface area contributed by atoms with Crippen LogP contribution in [0.3, 0.4) is 0 Å². The van der Waals surface area contributed by atoms with Gasteiger partial charge in [-0.2, -0.15) is 0 Å². The van der Waals surface area contributed by atoms with E-state index in [1.807, 2.05) is 41.3 Å². The number of nitrogens with zero attached hydrogens (tertiary/aromatic N) is 4. The normalized spacial score (nSPS) is 12.9. The minimum absolute atomic E-state index is 0.0622. The number of benzene rings is 1. The maximum absolute atomic E-state index is 12.9. The van der Waals surface area contributed by atoms with Crippen LogP contribution in [0.25, 0.3) is 11.3 Å². The number of hydrogen-bond donors (Lipinski definition) is 1. The summed E-state index contributed by atoms with van der Waals surface area (Å²) in [7, 11) is 0. The minimum Gasteiger partial charge on any atom is -0.348 e. The van der Waals surface area contributed by atoms with Crippen LogP contribution in [-0.2, 0) is 24.3 Å². The molecular formula is C23H23N5O2. The van der Waals surface area contributed by atoms with Gasteiger partial charge in [-0.15, -0.1) is 0 Å². The molecule has 30 heavy (non-hydrogen) atoms. The van der Waals surface area contributed by atoms with Crippen LogP contribution in [0.2, 0.25) is 0 Å². The quantitative estimate of drug-likeness (QED) is 0.726. The maximum atomic E-state index is 12.9. The summed E-state index contributed by atoms with van der Waals surface area (Å²) >= 11 is 0. The van der Waals surface area contributed by atoms with Crippen molar-refractivity contribution in [2.75, 3.05) is 6.54 Å². The summed E-state index contributed by atoms with van der Waals surface area (Å²) in [5.41, 5.74) is 4.85. The Bertz CT molecular complexity index is 1100. The van der Waals surface area contributed by atoms with Gasteiger partial charge in [-0.3, -0.25) is 14.6 Å². The summed E-state index contributed by atoms with van der Waals surface area (Å²) < 4.78 is 0. The Hall–Kier alpha value is -3.61. The lowest BCUT2D eigenvalue weighted by Gasteiger charge is -2.27. The summed E-state index contributed by atoms with van der Waals surface area (Å²) in [6, 6.07) is 11.6. The third-order valence-electron chi connectivity index (χ3n) is 5.20. The number of fused-ring (bicyclic) bond motifs is 1. The number of amides is 2. The second-order valence-electron chi connectivity index (χ2n) is 7.37. The highest BCUT2D eigenvalue weighted by molar-refractivity contribution is 5.99. The second-order valence-corrected chi connectivity index (χ2v) is 7.37. The molecule has 0 aliphatic carbocycles. The number of rotatable bonds is 4. The van der Waals surface area contributed by atoms with Crippen molar-refractivity contribution in [3.63, 3.8) is 0 Å². The molecule has 1 aromatic carbocycles. The van der Waals surface area contributed by atoms with Gasteiger partial charge in [-0.05, 0) is 24.1 Å². The molecule has 1 aliphatic rings. The molecule has 3 aromatic rings. The van der Waals surface area contributed by atoms with E-state index >= 15 is 0 Å². The topological polar surface area (TPSA) is 88.1 Å². The molecule has 0 unspecified atom stereocenters. The highest BCUT2D eigenvalue weighted by Gasteiger charge is 2.20. The fraction of sp³-hybridized carbons (Fsp3) is 0.261. The van der Waals surface area contributed by atoms with Crippen LogP contribution in [0.15, 0.2) is 48.8 Å². The molecule has 3 heterocycles. The molecule has 0 atom stereocenters. The molecule has 0 fully saturated rings. The first kappa shape index (κ1) is 19.7. The molecule has 7 nitrogen and oxygen atoms in total. The van der Waals surface area contributed by atoms with E-state index in [0.717, 1.165) is 28.8 Å². The zero-order valence-electron chi connectivity index (χ0n) is 17.1. The molecule has 2 aromatic heterocycles. The first-order valence-corrected chi connectivity index (χ1v) is 9.90. The third kappa shape index (κ3) is 4.20. The lowest BCUT2D eigenvalue weighted by atomic mass is 10.0. The van der Waals surface area contributed by atoms with Gasteiger partial charge in [0.05, 0.1) is 11.3 Å². The average molecular weight is 401 g/mol. The van der Waals surface area contributed by atoms with Crippen molar-refractivity contribution in [1.82, 2.24) is 25.2 Å². The summed E-state index contributed by atoms with van der Waals surface area (Å²) in [5.74, 6) is 0.434. The monoisotopic (exact) mass is 401 g/mol. The van der Waals surface area contributed by atoms with Crippen LogP contribution >= 0.6 is 0 Å². The number of aryl methyl sites for hydroxylation is 1. The van der Waals surface area contributed by atoms with E-state index in [1.54, 1.807) is 26.2 Å². The first-order valence-electron chi connectivity index (χ1n) is 9.90. The number of hydrogen-bond acceptors (Lipinski definition) is 5. The van der Waals surface area contributed by atoms with Gasteiger partial charge in [-0.25, -0.2) is 9.97 Å². The molecule has 7 heteroatoms. The number of carbonyl (C=O) groups is 2. The van der Waals surface area contributed by atoms with Crippen molar-refractivity contribution in [2.24, 2.45) is 0 Å². The molecule has 1 N–H and O–H groups in total. The molecule has 1 aliphatic heterocycles. The van der Waals surface area contributed by atoms with Crippen LogP contribution in [0, 0.1) is 6.92 Å². The standard InChI is InChI=1S/C23H23N5O2/c1-15-24-13-20(22(27-15)18-6-4-3-5-7-18)23(30)26-12-17-10-19-14-28(16(2)29)9-8-21(19)25-11-17/h3-7,10-11,13H,8-9,12,14H2,1-2H3,(H,26,30). The average Bonchev–Trinajstić information content (AvgIpc) is 2.77. The van der Waals surface area contributed by atoms with E-state index in [1.165, 1.54) is 0 Å². The van der Waals surface area contributed by atoms with Crippen molar-refractivity contribution in [1.29, 1.82) is 0 Å². The molecule has 2 amide bonds. The molecule has 152 valence electrons. The lowest BCUT2D eigenvalue weighted by Crippen LogP contribution is -2.34. The van der Waals surface area contributed by atoms with E-state index in [9.17, 15) is 9.59 Å². The first-order chi connectivity index (χ1) is 14.5. The highest BCUT2D eigenvalue weighted by atomic mass is 16.2. The largest absolute Gasteiger partial charge is 0.348 e. The number of aromatic nitrogens is 3. The van der Waals surface area contributed by atoms with Crippen molar-refractivity contribution in [2.45, 2.75) is 33.4 Å². The predicted octanol–water partition coefficient (Wildman–Crippen LogP) is 2.68. The Labute approximate surface area is 175 Å². The minimum atomic E-state index is -0.239. The van der Waals surface area contributed by atoms with Crippen LogP contribution < -0.4 is 5.32 Å². The highest BCUT2D eigenvalue weighted by Crippen LogP contribution is 2.22. The van der Waals surface area contributed by atoms with Gasteiger partial charge in [0.1, 0.15) is 5.82 Å². The van der Waals surface area contributed by atoms with Crippen LogP contribution in [0.4, 0.5) is 0 Å². The van der Waals surface area contributed by atoms with E-state index in [0.29, 0.717) is 36.7 Å². The van der Waals surface area contributed by atoms with Gasteiger partial charge in [0.15, 0.2) is 0 Å². The zero-order valence-corrected chi connectivity index (χ0v) is 17.1. The van der Waals surface area contributed by atoms with E-state index in [4.69, 9.17) is 0 Å². The van der Waals surface area contributed by atoms with Gasteiger partial charge < -0.3 is 10.2 Å². The number of carbonyl (C=O) groups excluding carboxylic acids is 2. The number of pyridine rings is 1. The summed E-state index contributed by atoms with van der Waals surface area (Å²) in [4.78, 5) is 39.6. The maximum Gasteiger partial charge on any atom is 0.255 e. The fourth-order valence-corrected chi connectivity index (χ4v) is 3.57. The fourth-order valence-electron chi connectivity index (χ4n) is 3.57. The zero-order chi connectivity index (χ0) is 21.1. The summed E-state index contributed by atoms with van der Waals surface area (Å²) in [6.07, 6.45) is 4.10. The molecule has 0 saturated heterocycles. The molecular weight excluding hydrogens is 378 g/mol. The van der Waals surface area contributed by atoms with E-state index < -0.39 is 0 Å². The second kappa shape index (κ2) is 8.41. The molecule has 0 radical (unpaired) electrons. The Morgan fingerprint density at radius 3 is 2.70 bits per heavy atom. The van der Waals surface area contributed by atoms with E-state index in [-0.39, 0.29) is 11.8 Å². The van der Waals surface area contributed by atoms with Crippen LogP contribution in [-0.4, -0.2) is 38.2 Å². The smallest absolute Gasteiger partial charge is 0.255 e. The van der Waals surface area contributed by atoms with Crippen LogP contribution in [0.1, 0.15) is 39.9 Å². The summed E-state index contributed by atoms with van der Waals surface area (Å²) in [6.45, 7) is 4.97. The lowest BCUT2D eigenvalue weighted by molar-refractivity contribution is -0.129. The van der Waals surface area contributed by atoms with Crippen molar-refractivity contribution in [3.8, 4) is 11.3 Å². The molecule has 0 bridgehead atoms. The Kier molecular flexibility index (Phi) is 5.52. The van der Waals surface area contributed by atoms with Gasteiger partial charge in [-0.1, -0.05) is 30.3 Å². The van der Waals surface area contributed by atoms with Gasteiger partial charge in [0, 0.05) is 56.6 Å². The molecule has 0 saturated carbocycles. The molecule has 4 rings (SSSR count). The predicted molar refractivity (Wildman–Crippen MR) is 112 cm³/mol.